The molecule has 1 radical (unpaired) electrons. The van der Waals surface area contributed by atoms with Crippen LogP contribution < -0.4 is 5.19 Å². The van der Waals surface area contributed by atoms with Gasteiger partial charge in [-0.15, -0.1) is 59.7 Å². The molecular weight excluding hydrogens is 749 g/mol. The van der Waals surface area contributed by atoms with Gasteiger partial charge in [0.15, 0.2) is 0 Å². The zero-order valence-electron chi connectivity index (χ0n) is 26.3. The van der Waals surface area contributed by atoms with Gasteiger partial charge in [0.25, 0.3) is 0 Å². The van der Waals surface area contributed by atoms with Gasteiger partial charge < -0.3 is 9.97 Å². The van der Waals surface area contributed by atoms with E-state index in [2.05, 4.69) is 111 Å². The number of thiophene rings is 1. The van der Waals surface area contributed by atoms with Crippen molar-refractivity contribution in [2.75, 3.05) is 0 Å². The summed E-state index contributed by atoms with van der Waals surface area (Å²) in [6.45, 7) is 11.6. The minimum atomic E-state index is -1.32. The fourth-order valence-corrected chi connectivity index (χ4v) is 8.26. The summed E-state index contributed by atoms with van der Waals surface area (Å²) in [6.07, 6.45) is 9.41. The van der Waals surface area contributed by atoms with Gasteiger partial charge in [0, 0.05) is 37.2 Å². The van der Waals surface area contributed by atoms with Gasteiger partial charge in [-0.05, 0) is 63.3 Å². The Bertz CT molecular complexity index is 1820. The van der Waals surface area contributed by atoms with Crippen LogP contribution in [0.5, 0.6) is 0 Å². The minimum absolute atomic E-state index is 0. The molecule has 1 aliphatic carbocycles. The third kappa shape index (κ3) is 7.13. The average Bonchev–Trinajstić information content (AvgIpc) is 3.70. The Kier molecular flexibility index (Phi) is 10.3. The Morgan fingerprint density at radius 2 is 1.57 bits per heavy atom. The molecule has 227 valence electrons. The Morgan fingerprint density at radius 3 is 2.20 bits per heavy atom. The fraction of sp³-hybridized carbons (Fsp3) is 0.282. The molecule has 1 saturated carbocycles. The number of hydrogen-bond donors (Lipinski definition) is 0. The zero-order valence-corrected chi connectivity index (χ0v) is 30.5. The molecule has 0 spiro atoms. The molecule has 0 bridgehead atoms. The minimum Gasteiger partial charge on any atom is -0.304 e. The molecule has 0 unspecified atom stereocenters. The third-order valence-electron chi connectivity index (χ3n) is 8.60. The quantitative estimate of drug-likeness (QED) is 0.128. The molecule has 0 atom stereocenters. The smallest absolute Gasteiger partial charge is 0.0776 e. The van der Waals surface area contributed by atoms with Crippen LogP contribution in [-0.4, -0.2) is 18.0 Å². The van der Waals surface area contributed by atoms with Gasteiger partial charge in [0.2, 0.25) is 0 Å². The van der Waals surface area contributed by atoms with E-state index in [1.54, 1.807) is 0 Å². The van der Waals surface area contributed by atoms with Crippen LogP contribution in [0, 0.1) is 12.1 Å². The predicted molar refractivity (Wildman–Crippen MR) is 188 cm³/mol. The van der Waals surface area contributed by atoms with Crippen molar-refractivity contribution in [1.82, 2.24) is 9.97 Å². The molecule has 0 amide bonds. The summed E-state index contributed by atoms with van der Waals surface area (Å²) in [7, 11) is -1.32. The largest absolute Gasteiger partial charge is 0.304 e. The van der Waals surface area contributed by atoms with Crippen LogP contribution in [-0.2, 0) is 20.1 Å². The van der Waals surface area contributed by atoms with Crippen LogP contribution in [0.4, 0.5) is 0 Å². The SMILES string of the molecule is CC(C)c1ccc(-c2[c-]cccc2)nc1.C[Si](C)(C)c1ccc2sc3c(-c4ccc(C5CCCC5)cn4)[c-]ccc3c2c1.[Ir]. The van der Waals surface area contributed by atoms with E-state index in [-0.39, 0.29) is 20.1 Å². The van der Waals surface area contributed by atoms with E-state index in [1.165, 1.54) is 62.2 Å². The molecule has 5 heteroatoms. The first-order valence-electron chi connectivity index (χ1n) is 15.5. The van der Waals surface area contributed by atoms with E-state index < -0.39 is 8.07 Å². The van der Waals surface area contributed by atoms with Crippen molar-refractivity contribution >= 4 is 44.8 Å². The monoisotopic (exact) mass is 789 g/mol. The summed E-state index contributed by atoms with van der Waals surface area (Å²) in [5, 5.41) is 4.25. The molecule has 6 aromatic rings. The van der Waals surface area contributed by atoms with Crippen molar-refractivity contribution in [3.05, 3.63) is 115 Å². The van der Waals surface area contributed by atoms with Crippen LogP contribution in [0.1, 0.15) is 62.5 Å². The fourth-order valence-electron chi connectivity index (χ4n) is 5.91. The van der Waals surface area contributed by atoms with Crippen LogP contribution >= 0.6 is 11.3 Å². The normalized spacial score (nSPS) is 13.6. The maximum absolute atomic E-state index is 4.85. The van der Waals surface area contributed by atoms with E-state index in [0.29, 0.717) is 11.8 Å². The van der Waals surface area contributed by atoms with Crippen molar-refractivity contribution in [2.45, 2.75) is 71.0 Å². The van der Waals surface area contributed by atoms with Crippen molar-refractivity contribution in [3.8, 4) is 22.5 Å². The number of hydrogen-bond acceptors (Lipinski definition) is 3. The summed E-state index contributed by atoms with van der Waals surface area (Å²) in [6, 6.07) is 34.6. The van der Waals surface area contributed by atoms with Crippen LogP contribution in [0.15, 0.2) is 91.3 Å². The Morgan fingerprint density at radius 1 is 0.795 bits per heavy atom. The molecule has 2 nitrogen and oxygen atoms in total. The van der Waals surface area contributed by atoms with E-state index >= 15 is 0 Å². The number of rotatable bonds is 5. The van der Waals surface area contributed by atoms with Gasteiger partial charge in [0.1, 0.15) is 0 Å². The van der Waals surface area contributed by atoms with Gasteiger partial charge >= 0.3 is 0 Å². The number of nitrogens with zero attached hydrogens (tertiary/aromatic N) is 2. The molecule has 3 heterocycles. The van der Waals surface area contributed by atoms with Crippen LogP contribution in [0.2, 0.25) is 19.6 Å². The molecule has 1 aliphatic rings. The first kappa shape index (κ1) is 32.4. The molecular formula is C39H40IrN2SSi-2. The van der Waals surface area contributed by atoms with Gasteiger partial charge in [-0.25, -0.2) is 0 Å². The second-order valence-corrected chi connectivity index (χ2v) is 19.2. The van der Waals surface area contributed by atoms with Crippen molar-refractivity contribution in [2.24, 2.45) is 0 Å². The predicted octanol–water partition coefficient (Wildman–Crippen LogP) is 10.8. The molecule has 0 N–H and O–H groups in total. The van der Waals surface area contributed by atoms with E-state index in [1.807, 2.05) is 41.8 Å². The summed E-state index contributed by atoms with van der Waals surface area (Å²) < 4.78 is 2.67. The maximum Gasteiger partial charge on any atom is 0.0776 e. The number of fused-ring (bicyclic) bond motifs is 3. The van der Waals surface area contributed by atoms with E-state index in [4.69, 9.17) is 4.98 Å². The first-order chi connectivity index (χ1) is 20.8. The van der Waals surface area contributed by atoms with Crippen LogP contribution in [0.3, 0.4) is 0 Å². The molecule has 0 saturated heterocycles. The molecule has 3 aromatic heterocycles. The zero-order chi connectivity index (χ0) is 30.0. The number of benzene rings is 3. The molecule has 3 aromatic carbocycles. The van der Waals surface area contributed by atoms with Gasteiger partial charge in [-0.3, -0.25) is 0 Å². The number of pyridine rings is 2. The second-order valence-electron chi connectivity index (χ2n) is 13.0. The van der Waals surface area contributed by atoms with Crippen molar-refractivity contribution < 1.29 is 20.1 Å². The van der Waals surface area contributed by atoms with E-state index in [9.17, 15) is 0 Å². The number of aromatic nitrogens is 2. The Hall–Kier alpha value is -2.95. The van der Waals surface area contributed by atoms with E-state index in [0.717, 1.165) is 22.5 Å². The topological polar surface area (TPSA) is 25.8 Å². The molecule has 7 rings (SSSR count). The van der Waals surface area contributed by atoms with Crippen molar-refractivity contribution in [3.63, 3.8) is 0 Å². The summed E-state index contributed by atoms with van der Waals surface area (Å²) in [4.78, 5) is 9.29. The first-order valence-corrected chi connectivity index (χ1v) is 19.9. The molecule has 44 heavy (non-hydrogen) atoms. The van der Waals surface area contributed by atoms with Crippen molar-refractivity contribution in [1.29, 1.82) is 0 Å². The van der Waals surface area contributed by atoms with Gasteiger partial charge in [-0.2, -0.15) is 11.3 Å². The Balaban J connectivity index is 0.000000204. The maximum atomic E-state index is 4.85. The van der Waals surface area contributed by atoms with Gasteiger partial charge in [-0.1, -0.05) is 93.3 Å². The van der Waals surface area contributed by atoms with Crippen LogP contribution in [0.25, 0.3) is 42.7 Å². The molecule has 1 fully saturated rings. The average molecular weight is 789 g/mol. The summed E-state index contributed by atoms with van der Waals surface area (Å²) in [5.41, 5.74) is 6.91. The second kappa shape index (κ2) is 14.0. The molecule has 0 aliphatic heterocycles. The Labute approximate surface area is 281 Å². The summed E-state index contributed by atoms with van der Waals surface area (Å²) >= 11 is 1.88. The summed E-state index contributed by atoms with van der Waals surface area (Å²) in [5.74, 6) is 1.25. The van der Waals surface area contributed by atoms with Gasteiger partial charge in [0.05, 0.1) is 8.07 Å². The third-order valence-corrected chi connectivity index (χ3v) is 11.9. The standard InChI is InChI=1S/C25H26NSSi.C14H14N.Ir/c1-28(2,3)19-12-14-24-22(15-19)20-9-6-10-21(25(20)27-24)23-13-11-18(16-26-23)17-7-4-5-8-17;1-11(2)13-8-9-14(15-10-13)12-6-4-3-5-7-12;/h6,9,11-17H,4-5,7-8H2,1-3H3;3-6,8-11H,1-2H3;/q2*-1;.